The SMILES string of the molecule is O=c1c2c3c(sc2ncn1CCOc1ccc(Cl)cc1)CCCC3. The first-order chi connectivity index (χ1) is 11.7. The molecule has 0 radical (unpaired) electrons. The van der Waals surface area contributed by atoms with Crippen LogP contribution in [-0.2, 0) is 19.4 Å². The fraction of sp³-hybridized carbons (Fsp3) is 0.333. The van der Waals surface area contributed by atoms with E-state index in [0.717, 1.165) is 35.2 Å². The van der Waals surface area contributed by atoms with Gasteiger partial charge in [0.15, 0.2) is 0 Å². The first kappa shape index (κ1) is 15.7. The molecule has 1 aliphatic rings. The summed E-state index contributed by atoms with van der Waals surface area (Å²) in [5, 5.41) is 1.50. The number of hydrogen-bond donors (Lipinski definition) is 0. The van der Waals surface area contributed by atoms with E-state index < -0.39 is 0 Å². The summed E-state index contributed by atoms with van der Waals surface area (Å²) >= 11 is 7.53. The standard InChI is InChI=1S/C18H17ClN2O2S/c19-12-5-7-13(8-6-12)23-10-9-21-11-20-17-16(18(21)22)14-3-1-2-4-15(14)24-17/h5-8,11H,1-4,9-10H2. The van der Waals surface area contributed by atoms with Crippen molar-refractivity contribution in [2.75, 3.05) is 6.61 Å². The summed E-state index contributed by atoms with van der Waals surface area (Å²) in [6.07, 6.45) is 6.08. The predicted molar refractivity (Wildman–Crippen MR) is 97.5 cm³/mol. The Morgan fingerprint density at radius 1 is 1.21 bits per heavy atom. The Hall–Kier alpha value is -1.85. The Morgan fingerprint density at radius 3 is 2.83 bits per heavy atom. The lowest BCUT2D eigenvalue weighted by Crippen LogP contribution is -2.24. The van der Waals surface area contributed by atoms with Gasteiger partial charge in [-0.15, -0.1) is 11.3 Å². The number of benzene rings is 1. The van der Waals surface area contributed by atoms with E-state index in [0.29, 0.717) is 18.2 Å². The van der Waals surface area contributed by atoms with Gasteiger partial charge < -0.3 is 4.74 Å². The number of aryl methyl sites for hydroxylation is 2. The average molecular weight is 361 g/mol. The summed E-state index contributed by atoms with van der Waals surface area (Å²) in [6.45, 7) is 0.899. The van der Waals surface area contributed by atoms with Crippen LogP contribution in [0.5, 0.6) is 5.75 Å². The molecule has 0 bridgehead atoms. The molecular weight excluding hydrogens is 344 g/mol. The lowest BCUT2D eigenvalue weighted by Gasteiger charge is -2.11. The van der Waals surface area contributed by atoms with E-state index in [1.807, 2.05) is 12.1 Å². The molecule has 0 fully saturated rings. The van der Waals surface area contributed by atoms with E-state index in [2.05, 4.69) is 4.98 Å². The highest BCUT2D eigenvalue weighted by molar-refractivity contribution is 7.18. The second-order valence-electron chi connectivity index (χ2n) is 5.94. The van der Waals surface area contributed by atoms with Gasteiger partial charge in [-0.3, -0.25) is 9.36 Å². The number of aromatic nitrogens is 2. The highest BCUT2D eigenvalue weighted by atomic mass is 35.5. The minimum atomic E-state index is 0.0547. The van der Waals surface area contributed by atoms with Gasteiger partial charge in [0.2, 0.25) is 0 Å². The van der Waals surface area contributed by atoms with Crippen LogP contribution in [0.2, 0.25) is 5.02 Å². The summed E-state index contributed by atoms with van der Waals surface area (Å²) in [4.78, 5) is 19.5. The Morgan fingerprint density at radius 2 is 2.00 bits per heavy atom. The second kappa shape index (κ2) is 6.57. The zero-order chi connectivity index (χ0) is 16.5. The van der Waals surface area contributed by atoms with Crippen molar-refractivity contribution >= 4 is 33.2 Å². The lowest BCUT2D eigenvalue weighted by molar-refractivity contribution is 0.296. The van der Waals surface area contributed by atoms with Gasteiger partial charge in [0.05, 0.1) is 18.3 Å². The van der Waals surface area contributed by atoms with Crippen LogP contribution in [0.25, 0.3) is 10.2 Å². The highest BCUT2D eigenvalue weighted by Crippen LogP contribution is 2.33. The summed E-state index contributed by atoms with van der Waals surface area (Å²) in [7, 11) is 0. The smallest absolute Gasteiger partial charge is 0.262 e. The third-order valence-electron chi connectivity index (χ3n) is 4.36. The number of thiophene rings is 1. The molecule has 1 aliphatic carbocycles. The van der Waals surface area contributed by atoms with Crippen molar-refractivity contribution in [1.29, 1.82) is 0 Å². The van der Waals surface area contributed by atoms with Crippen LogP contribution in [0.15, 0.2) is 35.4 Å². The van der Waals surface area contributed by atoms with Gasteiger partial charge in [0, 0.05) is 9.90 Å². The van der Waals surface area contributed by atoms with Crippen molar-refractivity contribution < 1.29 is 4.74 Å². The number of nitrogens with zero attached hydrogens (tertiary/aromatic N) is 2. The fourth-order valence-electron chi connectivity index (χ4n) is 3.13. The van der Waals surface area contributed by atoms with Crippen LogP contribution in [0.3, 0.4) is 0 Å². The van der Waals surface area contributed by atoms with Crippen molar-refractivity contribution in [1.82, 2.24) is 9.55 Å². The molecule has 0 saturated carbocycles. The van der Waals surface area contributed by atoms with E-state index in [1.54, 1.807) is 34.4 Å². The van der Waals surface area contributed by atoms with Gasteiger partial charge in [-0.1, -0.05) is 11.6 Å². The quantitative estimate of drug-likeness (QED) is 0.704. The van der Waals surface area contributed by atoms with Gasteiger partial charge >= 0.3 is 0 Å². The van der Waals surface area contributed by atoms with Crippen molar-refractivity contribution in [2.45, 2.75) is 32.2 Å². The lowest BCUT2D eigenvalue weighted by atomic mass is 9.97. The molecule has 124 valence electrons. The molecule has 1 aromatic carbocycles. The van der Waals surface area contributed by atoms with Crippen LogP contribution in [0.4, 0.5) is 0 Å². The van der Waals surface area contributed by atoms with E-state index in [1.165, 1.54) is 16.9 Å². The van der Waals surface area contributed by atoms with Crippen molar-refractivity contribution in [3.05, 3.63) is 56.4 Å². The van der Waals surface area contributed by atoms with Crippen molar-refractivity contribution in [3.63, 3.8) is 0 Å². The first-order valence-corrected chi connectivity index (χ1v) is 9.30. The largest absolute Gasteiger partial charge is 0.492 e. The average Bonchev–Trinajstić information content (AvgIpc) is 2.98. The highest BCUT2D eigenvalue weighted by Gasteiger charge is 2.19. The Kier molecular flexibility index (Phi) is 4.29. The van der Waals surface area contributed by atoms with E-state index in [-0.39, 0.29) is 5.56 Å². The Balaban J connectivity index is 1.55. The third kappa shape index (κ3) is 2.94. The fourth-order valence-corrected chi connectivity index (χ4v) is 4.48. The van der Waals surface area contributed by atoms with Crippen LogP contribution >= 0.6 is 22.9 Å². The van der Waals surface area contributed by atoms with Gasteiger partial charge in [-0.25, -0.2) is 4.98 Å². The minimum absolute atomic E-state index is 0.0547. The molecule has 0 atom stereocenters. The van der Waals surface area contributed by atoms with Gasteiger partial charge in [0.1, 0.15) is 17.2 Å². The molecule has 0 unspecified atom stereocenters. The molecule has 4 rings (SSSR count). The van der Waals surface area contributed by atoms with Crippen LogP contribution in [0.1, 0.15) is 23.3 Å². The molecule has 2 heterocycles. The molecule has 0 spiro atoms. The molecule has 0 aliphatic heterocycles. The number of hydrogen-bond acceptors (Lipinski definition) is 4. The van der Waals surface area contributed by atoms with Gasteiger partial charge in [0.25, 0.3) is 5.56 Å². The maximum absolute atomic E-state index is 12.8. The summed E-state index contributed by atoms with van der Waals surface area (Å²) in [5.74, 6) is 0.745. The second-order valence-corrected chi connectivity index (χ2v) is 7.46. The molecule has 24 heavy (non-hydrogen) atoms. The monoisotopic (exact) mass is 360 g/mol. The van der Waals surface area contributed by atoms with Crippen LogP contribution < -0.4 is 10.3 Å². The molecule has 2 aromatic heterocycles. The van der Waals surface area contributed by atoms with Crippen molar-refractivity contribution in [2.24, 2.45) is 0 Å². The maximum Gasteiger partial charge on any atom is 0.262 e. The molecular formula is C18H17ClN2O2S. The molecule has 6 heteroatoms. The Bertz CT molecular complexity index is 931. The zero-order valence-corrected chi connectivity index (χ0v) is 14.7. The maximum atomic E-state index is 12.8. The molecule has 3 aromatic rings. The third-order valence-corrected chi connectivity index (χ3v) is 5.81. The molecule has 0 N–H and O–H groups in total. The summed E-state index contributed by atoms with van der Waals surface area (Å²) in [5.41, 5.74) is 1.28. The minimum Gasteiger partial charge on any atom is -0.492 e. The number of ether oxygens (including phenoxy) is 1. The van der Waals surface area contributed by atoms with Crippen LogP contribution in [0, 0.1) is 0 Å². The van der Waals surface area contributed by atoms with E-state index >= 15 is 0 Å². The van der Waals surface area contributed by atoms with Gasteiger partial charge in [-0.05, 0) is 55.5 Å². The number of halogens is 1. The Labute approximate surface area is 148 Å². The van der Waals surface area contributed by atoms with Crippen molar-refractivity contribution in [3.8, 4) is 5.75 Å². The van der Waals surface area contributed by atoms with E-state index in [9.17, 15) is 4.79 Å². The number of rotatable bonds is 4. The number of fused-ring (bicyclic) bond motifs is 3. The summed E-state index contributed by atoms with van der Waals surface area (Å²) in [6, 6.07) is 7.21. The predicted octanol–water partition coefficient (Wildman–Crippen LogP) is 4.07. The van der Waals surface area contributed by atoms with Crippen LogP contribution in [-0.4, -0.2) is 16.2 Å². The normalized spacial score (nSPS) is 13.9. The topological polar surface area (TPSA) is 44.1 Å². The zero-order valence-electron chi connectivity index (χ0n) is 13.1. The first-order valence-electron chi connectivity index (χ1n) is 8.10. The van der Waals surface area contributed by atoms with E-state index in [4.69, 9.17) is 16.3 Å². The van der Waals surface area contributed by atoms with Gasteiger partial charge in [-0.2, -0.15) is 0 Å². The summed E-state index contributed by atoms with van der Waals surface area (Å²) < 4.78 is 7.34. The molecule has 0 saturated heterocycles. The molecule has 0 amide bonds. The molecule has 4 nitrogen and oxygen atoms in total.